The van der Waals surface area contributed by atoms with E-state index in [9.17, 15) is 0 Å². The number of nitrogens with two attached hydrogens (primary N) is 1. The lowest BCUT2D eigenvalue weighted by atomic mass is 9.77. The summed E-state index contributed by atoms with van der Waals surface area (Å²) in [4.78, 5) is 4.32. The van der Waals surface area contributed by atoms with Gasteiger partial charge in [0, 0.05) is 32.4 Å². The average Bonchev–Trinajstić information content (AvgIpc) is 2.85. The summed E-state index contributed by atoms with van der Waals surface area (Å²) in [6.07, 6.45) is 10.7. The van der Waals surface area contributed by atoms with Crippen molar-refractivity contribution in [1.82, 2.24) is 9.55 Å². The molecule has 0 aromatic carbocycles. The molecule has 0 bridgehead atoms. The Balaban J connectivity index is 1.81. The highest BCUT2D eigenvalue weighted by molar-refractivity contribution is 4.92. The van der Waals surface area contributed by atoms with Crippen LogP contribution in [0.1, 0.15) is 44.9 Å². The van der Waals surface area contributed by atoms with Gasteiger partial charge in [-0.15, -0.1) is 0 Å². The molecule has 2 rings (SSSR count). The summed E-state index contributed by atoms with van der Waals surface area (Å²) in [6, 6.07) is 0. The predicted molar refractivity (Wildman–Crippen MR) is 76.9 cm³/mol. The Bertz CT molecular complexity index is 380. The molecule has 1 fully saturated rings. The van der Waals surface area contributed by atoms with Crippen LogP contribution in [-0.4, -0.2) is 28.3 Å². The maximum Gasteiger partial charge on any atom is 0.110 e. The molecule has 1 saturated carbocycles. The summed E-state index contributed by atoms with van der Waals surface area (Å²) in [5, 5.41) is 0. The van der Waals surface area contributed by atoms with Crippen LogP contribution in [0, 0.1) is 5.92 Å². The Hall–Kier alpha value is -0.870. The number of hydrogen-bond donors (Lipinski definition) is 1. The molecule has 0 radical (unpaired) electrons. The molecular weight excluding hydrogens is 238 g/mol. The van der Waals surface area contributed by atoms with Crippen LogP contribution < -0.4 is 5.73 Å². The number of hydrogen-bond acceptors (Lipinski definition) is 3. The molecule has 0 amide bonds. The zero-order chi connectivity index (χ0) is 13.7. The minimum Gasteiger partial charge on any atom is -0.373 e. The molecule has 108 valence electrons. The van der Waals surface area contributed by atoms with Crippen molar-refractivity contribution >= 4 is 0 Å². The van der Waals surface area contributed by atoms with E-state index in [0.29, 0.717) is 6.54 Å². The van der Waals surface area contributed by atoms with E-state index in [2.05, 4.69) is 11.9 Å². The van der Waals surface area contributed by atoms with Crippen molar-refractivity contribution in [2.45, 2.75) is 51.0 Å². The van der Waals surface area contributed by atoms with E-state index in [0.717, 1.165) is 37.6 Å². The molecule has 4 nitrogen and oxygen atoms in total. The van der Waals surface area contributed by atoms with Crippen molar-refractivity contribution in [1.29, 1.82) is 0 Å². The van der Waals surface area contributed by atoms with Crippen LogP contribution in [0.25, 0.3) is 0 Å². The van der Waals surface area contributed by atoms with Crippen molar-refractivity contribution < 1.29 is 4.74 Å². The van der Waals surface area contributed by atoms with Crippen molar-refractivity contribution in [2.24, 2.45) is 18.7 Å². The van der Waals surface area contributed by atoms with Crippen LogP contribution in [0.5, 0.6) is 0 Å². The summed E-state index contributed by atoms with van der Waals surface area (Å²) < 4.78 is 8.21. The van der Waals surface area contributed by atoms with Gasteiger partial charge < -0.3 is 15.0 Å². The standard InChI is InChI=1S/C15H27N3O/c1-3-13-4-7-15(12-16,8-5-13)19-11-6-14-17-9-10-18(14)2/h9-10,13H,3-8,11-12,16H2,1-2H3. The van der Waals surface area contributed by atoms with Gasteiger partial charge in [-0.1, -0.05) is 13.3 Å². The second-order valence-corrected chi connectivity index (χ2v) is 5.79. The second kappa shape index (κ2) is 6.53. The van der Waals surface area contributed by atoms with Gasteiger partial charge in [0.05, 0.1) is 12.2 Å². The Morgan fingerprint density at radius 2 is 2.21 bits per heavy atom. The van der Waals surface area contributed by atoms with E-state index in [1.54, 1.807) is 0 Å². The van der Waals surface area contributed by atoms with E-state index in [4.69, 9.17) is 10.5 Å². The molecule has 19 heavy (non-hydrogen) atoms. The highest BCUT2D eigenvalue weighted by Gasteiger charge is 2.34. The van der Waals surface area contributed by atoms with E-state index in [1.165, 1.54) is 19.3 Å². The fourth-order valence-corrected chi connectivity index (χ4v) is 3.02. The van der Waals surface area contributed by atoms with Crippen molar-refractivity contribution in [3.8, 4) is 0 Å². The van der Waals surface area contributed by atoms with Gasteiger partial charge in [-0.05, 0) is 31.6 Å². The molecule has 0 atom stereocenters. The largest absolute Gasteiger partial charge is 0.373 e. The van der Waals surface area contributed by atoms with Crippen LogP contribution in [0.3, 0.4) is 0 Å². The van der Waals surface area contributed by atoms with Crippen molar-refractivity contribution in [3.63, 3.8) is 0 Å². The lowest BCUT2D eigenvalue weighted by Gasteiger charge is -2.39. The van der Waals surface area contributed by atoms with Crippen LogP contribution in [0.4, 0.5) is 0 Å². The highest BCUT2D eigenvalue weighted by atomic mass is 16.5. The van der Waals surface area contributed by atoms with Gasteiger partial charge in [-0.3, -0.25) is 0 Å². The number of aryl methyl sites for hydroxylation is 1. The molecule has 1 aliphatic carbocycles. The summed E-state index contributed by atoms with van der Waals surface area (Å²) in [6.45, 7) is 3.64. The first kappa shape index (κ1) is 14.5. The Kier molecular flexibility index (Phi) is 4.99. The monoisotopic (exact) mass is 265 g/mol. The first-order chi connectivity index (χ1) is 9.19. The summed E-state index contributed by atoms with van der Waals surface area (Å²) in [5.41, 5.74) is 5.90. The van der Waals surface area contributed by atoms with Crippen molar-refractivity contribution in [2.75, 3.05) is 13.2 Å². The minimum atomic E-state index is -0.0726. The summed E-state index contributed by atoms with van der Waals surface area (Å²) in [5.74, 6) is 1.95. The fourth-order valence-electron chi connectivity index (χ4n) is 3.02. The van der Waals surface area contributed by atoms with Gasteiger partial charge in [-0.25, -0.2) is 4.98 Å². The zero-order valence-electron chi connectivity index (χ0n) is 12.3. The quantitative estimate of drug-likeness (QED) is 0.858. The molecule has 0 saturated heterocycles. The third-order valence-electron chi connectivity index (χ3n) is 4.62. The topological polar surface area (TPSA) is 53.1 Å². The number of imidazole rings is 1. The zero-order valence-corrected chi connectivity index (χ0v) is 12.3. The lowest BCUT2D eigenvalue weighted by Crippen LogP contribution is -2.44. The van der Waals surface area contributed by atoms with E-state index < -0.39 is 0 Å². The molecule has 0 spiro atoms. The maximum absolute atomic E-state index is 6.16. The Morgan fingerprint density at radius 3 is 2.74 bits per heavy atom. The van der Waals surface area contributed by atoms with E-state index >= 15 is 0 Å². The molecule has 4 heteroatoms. The number of aromatic nitrogens is 2. The minimum absolute atomic E-state index is 0.0726. The predicted octanol–water partition coefficient (Wildman–Crippen LogP) is 2.28. The molecule has 0 unspecified atom stereocenters. The fraction of sp³-hybridized carbons (Fsp3) is 0.800. The Morgan fingerprint density at radius 1 is 1.47 bits per heavy atom. The lowest BCUT2D eigenvalue weighted by molar-refractivity contribution is -0.0707. The van der Waals surface area contributed by atoms with Gasteiger partial charge in [0.25, 0.3) is 0 Å². The first-order valence-electron chi connectivity index (χ1n) is 7.49. The van der Waals surface area contributed by atoms with Gasteiger partial charge in [0.2, 0.25) is 0 Å². The van der Waals surface area contributed by atoms with E-state index in [1.807, 2.05) is 24.0 Å². The van der Waals surface area contributed by atoms with E-state index in [-0.39, 0.29) is 5.60 Å². The molecule has 0 aliphatic heterocycles. The number of nitrogens with zero attached hydrogens (tertiary/aromatic N) is 2. The molecule has 1 aromatic heterocycles. The number of rotatable bonds is 6. The third-order valence-corrected chi connectivity index (χ3v) is 4.62. The molecule has 2 N–H and O–H groups in total. The highest BCUT2D eigenvalue weighted by Crippen LogP contribution is 2.35. The second-order valence-electron chi connectivity index (χ2n) is 5.79. The van der Waals surface area contributed by atoms with Gasteiger partial charge in [0.15, 0.2) is 0 Å². The van der Waals surface area contributed by atoms with Crippen molar-refractivity contribution in [3.05, 3.63) is 18.2 Å². The number of ether oxygens (including phenoxy) is 1. The Labute approximate surface area is 116 Å². The normalized spacial score (nSPS) is 27.6. The van der Waals surface area contributed by atoms with Crippen LogP contribution >= 0.6 is 0 Å². The van der Waals surface area contributed by atoms with Gasteiger partial charge in [0.1, 0.15) is 5.82 Å². The smallest absolute Gasteiger partial charge is 0.110 e. The van der Waals surface area contributed by atoms with Crippen LogP contribution in [-0.2, 0) is 18.2 Å². The average molecular weight is 265 g/mol. The third kappa shape index (κ3) is 3.57. The molecular formula is C15H27N3O. The summed E-state index contributed by atoms with van der Waals surface area (Å²) in [7, 11) is 2.02. The molecule has 1 aliphatic rings. The van der Waals surface area contributed by atoms with Gasteiger partial charge >= 0.3 is 0 Å². The maximum atomic E-state index is 6.16. The van der Waals surface area contributed by atoms with Crippen LogP contribution in [0.15, 0.2) is 12.4 Å². The molecule has 1 aromatic rings. The SMILES string of the molecule is CCC1CCC(CN)(OCCc2nccn2C)CC1. The first-order valence-corrected chi connectivity index (χ1v) is 7.49. The van der Waals surface area contributed by atoms with Crippen LogP contribution in [0.2, 0.25) is 0 Å². The summed E-state index contributed by atoms with van der Waals surface area (Å²) >= 11 is 0. The van der Waals surface area contributed by atoms with Gasteiger partial charge in [-0.2, -0.15) is 0 Å². The molecule has 1 heterocycles.